The Hall–Kier alpha value is 0.110. The summed E-state index contributed by atoms with van der Waals surface area (Å²) in [5, 5.41) is 0. The summed E-state index contributed by atoms with van der Waals surface area (Å²) in [6.45, 7) is 14.5. The molecule has 0 N–H and O–H groups in total. The van der Waals surface area contributed by atoms with Crippen molar-refractivity contribution in [1.82, 2.24) is 14.0 Å². The van der Waals surface area contributed by atoms with E-state index < -0.39 is 7.51 Å². The minimum absolute atomic E-state index is 0.0418. The lowest BCUT2D eigenvalue weighted by molar-refractivity contribution is 0.243. The van der Waals surface area contributed by atoms with Crippen molar-refractivity contribution in [3.63, 3.8) is 0 Å². The van der Waals surface area contributed by atoms with E-state index in [-0.39, 0.29) is 5.54 Å². The Labute approximate surface area is 150 Å². The van der Waals surface area contributed by atoms with Gasteiger partial charge in [0.25, 0.3) is 0 Å². The molecule has 0 aromatic rings. The van der Waals surface area contributed by atoms with E-state index in [1.165, 1.54) is 97.1 Å². The van der Waals surface area contributed by atoms with Crippen LogP contribution in [0.2, 0.25) is 0 Å². The van der Waals surface area contributed by atoms with Crippen molar-refractivity contribution in [2.45, 2.75) is 84.1 Å². The quantitative estimate of drug-likeness (QED) is 0.651. The lowest BCUT2D eigenvalue weighted by atomic mass is 10.1. The molecular formula is C19H39N4P. The second-order valence-corrected chi connectivity index (χ2v) is 11.8. The van der Waals surface area contributed by atoms with Gasteiger partial charge in [-0.1, -0.05) is 19.3 Å². The number of hydrogen-bond acceptors (Lipinski definition) is 1. The average Bonchev–Trinajstić information content (AvgIpc) is 2.61. The number of hydrogen-bond donors (Lipinski definition) is 0. The van der Waals surface area contributed by atoms with Crippen LogP contribution in [0.4, 0.5) is 0 Å². The second kappa shape index (κ2) is 8.20. The van der Waals surface area contributed by atoms with Gasteiger partial charge in [0.05, 0.1) is 5.54 Å². The third-order valence-electron chi connectivity index (χ3n) is 5.57. The summed E-state index contributed by atoms with van der Waals surface area (Å²) in [5.74, 6) is 0. The fraction of sp³-hybridized carbons (Fsp3) is 1.00. The van der Waals surface area contributed by atoms with Gasteiger partial charge >= 0.3 is 0 Å². The Morgan fingerprint density at radius 1 is 0.542 bits per heavy atom. The Morgan fingerprint density at radius 3 is 1.08 bits per heavy atom. The van der Waals surface area contributed by atoms with Gasteiger partial charge in [0.1, 0.15) is 0 Å². The summed E-state index contributed by atoms with van der Waals surface area (Å²) in [6, 6.07) is 0. The molecule has 0 atom stereocenters. The van der Waals surface area contributed by atoms with Crippen molar-refractivity contribution in [3.8, 4) is 0 Å². The highest BCUT2D eigenvalue weighted by molar-refractivity contribution is 7.59. The normalized spacial score (nSPS) is 26.5. The molecule has 0 unspecified atom stereocenters. The van der Waals surface area contributed by atoms with Gasteiger partial charge in [0.15, 0.2) is 7.51 Å². The van der Waals surface area contributed by atoms with E-state index >= 15 is 0 Å². The van der Waals surface area contributed by atoms with Crippen molar-refractivity contribution in [2.75, 3.05) is 39.3 Å². The zero-order valence-corrected chi connectivity index (χ0v) is 17.2. The third kappa shape index (κ3) is 4.26. The van der Waals surface area contributed by atoms with Crippen molar-refractivity contribution in [1.29, 1.82) is 0 Å². The maximum Gasteiger partial charge on any atom is 0.168 e. The summed E-state index contributed by atoms with van der Waals surface area (Å²) in [7, 11) is -1.72. The maximum atomic E-state index is 5.70. The molecule has 3 heterocycles. The molecule has 0 aromatic carbocycles. The molecule has 3 aliphatic heterocycles. The summed E-state index contributed by atoms with van der Waals surface area (Å²) in [5.41, 5.74) is 0.0418. The molecule has 3 fully saturated rings. The number of piperidine rings is 3. The molecule has 140 valence electrons. The highest BCUT2D eigenvalue weighted by atomic mass is 31.2. The minimum Gasteiger partial charge on any atom is -0.255 e. The molecule has 0 saturated carbocycles. The van der Waals surface area contributed by atoms with Gasteiger partial charge in [-0.05, 0) is 59.3 Å². The van der Waals surface area contributed by atoms with Gasteiger partial charge in [0, 0.05) is 39.3 Å². The zero-order chi connectivity index (χ0) is 17.0. The first-order valence-corrected chi connectivity index (χ1v) is 12.0. The Morgan fingerprint density at radius 2 is 0.833 bits per heavy atom. The van der Waals surface area contributed by atoms with Crippen LogP contribution in [-0.4, -0.2) is 58.8 Å². The van der Waals surface area contributed by atoms with Gasteiger partial charge in [0.2, 0.25) is 0 Å². The van der Waals surface area contributed by atoms with Gasteiger partial charge < -0.3 is 0 Å². The van der Waals surface area contributed by atoms with E-state index in [9.17, 15) is 0 Å². The molecule has 3 saturated heterocycles. The summed E-state index contributed by atoms with van der Waals surface area (Å²) in [6.07, 6.45) is 12.4. The molecule has 24 heavy (non-hydrogen) atoms. The number of nitrogens with zero attached hydrogens (tertiary/aromatic N) is 4. The van der Waals surface area contributed by atoms with Crippen LogP contribution < -0.4 is 0 Å². The van der Waals surface area contributed by atoms with E-state index in [1.54, 1.807) is 0 Å². The molecular weight excluding hydrogens is 315 g/mol. The molecule has 3 rings (SSSR count). The highest BCUT2D eigenvalue weighted by Crippen LogP contribution is 2.63. The van der Waals surface area contributed by atoms with Crippen molar-refractivity contribution >= 4 is 7.51 Å². The fourth-order valence-electron chi connectivity index (χ4n) is 4.57. The van der Waals surface area contributed by atoms with Gasteiger partial charge in [-0.15, -0.1) is 0 Å². The summed E-state index contributed by atoms with van der Waals surface area (Å²) >= 11 is 0. The van der Waals surface area contributed by atoms with Crippen LogP contribution >= 0.6 is 7.51 Å². The van der Waals surface area contributed by atoms with E-state index in [2.05, 4.69) is 34.8 Å². The molecule has 0 spiro atoms. The smallest absolute Gasteiger partial charge is 0.168 e. The van der Waals surface area contributed by atoms with Gasteiger partial charge in [-0.25, -0.2) is 14.0 Å². The van der Waals surface area contributed by atoms with Crippen LogP contribution in [0, 0.1) is 0 Å². The Bertz CT molecular complexity index is 386. The minimum atomic E-state index is -1.72. The largest absolute Gasteiger partial charge is 0.255 e. The topological polar surface area (TPSA) is 22.1 Å². The molecule has 5 heteroatoms. The second-order valence-electron chi connectivity index (χ2n) is 8.85. The van der Waals surface area contributed by atoms with Crippen molar-refractivity contribution in [3.05, 3.63) is 0 Å². The van der Waals surface area contributed by atoms with Crippen LogP contribution in [0.5, 0.6) is 0 Å². The first kappa shape index (κ1) is 18.9. The van der Waals surface area contributed by atoms with Crippen LogP contribution in [0.25, 0.3) is 0 Å². The SMILES string of the molecule is CC(C)(C)N=P(N1CCCCC1)(N1CCCCC1)N1CCCCC1. The van der Waals surface area contributed by atoms with Crippen LogP contribution in [0.15, 0.2) is 4.74 Å². The first-order valence-electron chi connectivity index (χ1n) is 10.4. The monoisotopic (exact) mass is 354 g/mol. The van der Waals surface area contributed by atoms with E-state index in [0.717, 1.165) is 0 Å². The van der Waals surface area contributed by atoms with E-state index in [4.69, 9.17) is 4.74 Å². The molecule has 0 aromatic heterocycles. The van der Waals surface area contributed by atoms with Gasteiger partial charge in [-0.3, -0.25) is 4.74 Å². The van der Waals surface area contributed by atoms with Crippen LogP contribution in [-0.2, 0) is 0 Å². The Balaban J connectivity index is 2.04. The van der Waals surface area contributed by atoms with Crippen LogP contribution in [0.3, 0.4) is 0 Å². The molecule has 3 aliphatic rings. The lowest BCUT2D eigenvalue weighted by Gasteiger charge is -2.53. The Kier molecular flexibility index (Phi) is 6.46. The summed E-state index contributed by atoms with van der Waals surface area (Å²) in [4.78, 5) is 0. The summed E-state index contributed by atoms with van der Waals surface area (Å²) < 4.78 is 14.3. The maximum absolute atomic E-state index is 5.70. The van der Waals surface area contributed by atoms with Gasteiger partial charge in [-0.2, -0.15) is 0 Å². The predicted molar refractivity (Wildman–Crippen MR) is 105 cm³/mol. The van der Waals surface area contributed by atoms with Crippen molar-refractivity contribution < 1.29 is 0 Å². The van der Waals surface area contributed by atoms with Crippen molar-refractivity contribution in [2.24, 2.45) is 4.74 Å². The zero-order valence-electron chi connectivity index (χ0n) is 16.3. The standard InChI is InChI=1S/C19H39N4P/c1-19(2,3)20-24(21-13-7-4-8-14-21,22-15-9-5-10-16-22)23-17-11-6-12-18-23/h4-18H2,1-3H3. The average molecular weight is 355 g/mol. The highest BCUT2D eigenvalue weighted by Gasteiger charge is 2.42. The molecule has 4 nitrogen and oxygen atoms in total. The van der Waals surface area contributed by atoms with E-state index in [1.807, 2.05) is 0 Å². The molecule has 0 amide bonds. The van der Waals surface area contributed by atoms with E-state index in [0.29, 0.717) is 0 Å². The molecule has 0 aliphatic carbocycles. The fourth-order valence-corrected chi connectivity index (χ4v) is 9.28. The number of rotatable bonds is 3. The third-order valence-corrected chi connectivity index (χ3v) is 9.92. The first-order chi connectivity index (χ1) is 11.5. The molecule has 0 radical (unpaired) electrons. The molecule has 0 bridgehead atoms. The van der Waals surface area contributed by atoms with Crippen LogP contribution in [0.1, 0.15) is 78.6 Å². The lowest BCUT2D eigenvalue weighted by Crippen LogP contribution is -2.47. The predicted octanol–water partition coefficient (Wildman–Crippen LogP) is 5.19.